The van der Waals surface area contributed by atoms with E-state index in [1.807, 2.05) is 27.2 Å². The molecule has 10 heteroatoms. The minimum atomic E-state index is -0.500. The Balaban J connectivity index is 1.64. The van der Waals surface area contributed by atoms with E-state index in [-0.39, 0.29) is 0 Å². The lowest BCUT2D eigenvalue weighted by molar-refractivity contribution is 0.100. The third kappa shape index (κ3) is 2.81. The van der Waals surface area contributed by atoms with Crippen LogP contribution in [-0.4, -0.2) is 43.5 Å². The molecule has 3 N–H and O–H groups in total. The van der Waals surface area contributed by atoms with Gasteiger partial charge in [0.05, 0.1) is 18.4 Å². The summed E-state index contributed by atoms with van der Waals surface area (Å²) < 4.78 is 3.61. The predicted molar refractivity (Wildman–Crippen MR) is 106 cm³/mol. The monoisotopic (exact) mass is 396 g/mol. The summed E-state index contributed by atoms with van der Waals surface area (Å²) in [6.45, 7) is 2.57. The molecule has 0 unspecified atom stereocenters. The van der Waals surface area contributed by atoms with Crippen LogP contribution in [0.2, 0.25) is 0 Å². The van der Waals surface area contributed by atoms with Gasteiger partial charge in [-0.25, -0.2) is 9.67 Å². The van der Waals surface area contributed by atoms with Gasteiger partial charge in [-0.05, 0) is 32.0 Å². The molecule has 0 aliphatic carbocycles. The van der Waals surface area contributed by atoms with Crippen LogP contribution in [-0.2, 0) is 6.54 Å². The van der Waals surface area contributed by atoms with Crippen LogP contribution in [0.1, 0.15) is 34.8 Å². The van der Waals surface area contributed by atoms with E-state index in [0.717, 1.165) is 42.6 Å². The molecule has 0 bridgehead atoms. The van der Waals surface area contributed by atoms with Crippen molar-refractivity contribution in [3.63, 3.8) is 0 Å². The first kappa shape index (κ1) is 17.1. The topological polar surface area (TPSA) is 107 Å². The largest absolute Gasteiger partial charge is 0.365 e. The van der Waals surface area contributed by atoms with Gasteiger partial charge in [-0.15, -0.1) is 11.3 Å². The number of nitrogens with two attached hydrogens (primary N) is 1. The first-order valence-electron chi connectivity index (χ1n) is 9.24. The molecule has 28 heavy (non-hydrogen) atoms. The van der Waals surface area contributed by atoms with Crippen LogP contribution < -0.4 is 16.0 Å². The number of nitrogens with zero attached hydrogens (tertiary/aromatic N) is 6. The Hall–Kier alpha value is -2.98. The number of anilines is 2. The minimum Gasteiger partial charge on any atom is -0.365 e. The number of hydrogen-bond acceptors (Lipinski definition) is 7. The number of primary amides is 1. The Kier molecular flexibility index (Phi) is 4.21. The number of nitrogens with one attached hydrogen (secondary N) is 1. The second-order valence-corrected chi connectivity index (χ2v) is 7.73. The SMILES string of the molecule is NC(=O)c1cnn2c1N(c1cc(C3CCNCC3)nn1-c1nccs1)C=CC2. The molecule has 1 fully saturated rings. The number of carbonyl (C=O) groups is 1. The molecule has 0 saturated carbocycles. The number of hydrogen-bond donors (Lipinski definition) is 2. The number of amides is 1. The average Bonchev–Trinajstić information content (AvgIpc) is 3.46. The number of carbonyl (C=O) groups excluding carboxylic acids is 1. The summed E-state index contributed by atoms with van der Waals surface area (Å²) in [7, 11) is 0. The fraction of sp³-hybridized carbons (Fsp3) is 0.333. The number of allylic oxidation sites excluding steroid dienone is 1. The van der Waals surface area contributed by atoms with E-state index >= 15 is 0 Å². The maximum Gasteiger partial charge on any atom is 0.254 e. The fourth-order valence-electron chi connectivity index (χ4n) is 3.79. The standard InChI is InChI=1S/C18H20N8OS/c19-16(27)13-11-22-25-8-1-7-24(17(13)25)15-10-14(12-2-4-20-5-3-12)23-26(15)18-21-6-9-28-18/h1,6-7,9-12,20H,2-5,8H2,(H2,19,27). The molecule has 0 atom stereocenters. The van der Waals surface area contributed by atoms with Gasteiger partial charge < -0.3 is 11.1 Å². The van der Waals surface area contributed by atoms with Crippen LogP contribution in [0.15, 0.2) is 36.1 Å². The Morgan fingerprint density at radius 2 is 2.18 bits per heavy atom. The van der Waals surface area contributed by atoms with Crippen molar-refractivity contribution in [2.45, 2.75) is 25.3 Å². The van der Waals surface area contributed by atoms with Gasteiger partial charge in [0, 0.05) is 29.8 Å². The van der Waals surface area contributed by atoms with Crippen LogP contribution in [0.5, 0.6) is 0 Å². The first-order valence-corrected chi connectivity index (χ1v) is 10.1. The van der Waals surface area contributed by atoms with Crippen molar-refractivity contribution in [2.24, 2.45) is 5.73 Å². The van der Waals surface area contributed by atoms with E-state index in [9.17, 15) is 4.79 Å². The van der Waals surface area contributed by atoms with Crippen LogP contribution in [0.3, 0.4) is 0 Å². The first-order chi connectivity index (χ1) is 13.7. The lowest BCUT2D eigenvalue weighted by Crippen LogP contribution is -2.26. The summed E-state index contributed by atoms with van der Waals surface area (Å²) in [4.78, 5) is 18.3. The molecule has 9 nitrogen and oxygen atoms in total. The van der Waals surface area contributed by atoms with E-state index in [0.29, 0.717) is 23.8 Å². The van der Waals surface area contributed by atoms with Crippen LogP contribution in [0, 0.1) is 0 Å². The summed E-state index contributed by atoms with van der Waals surface area (Å²) in [5.41, 5.74) is 7.02. The second kappa shape index (κ2) is 6.88. The fourth-order valence-corrected chi connectivity index (χ4v) is 4.39. The summed E-state index contributed by atoms with van der Waals surface area (Å²) in [5, 5.41) is 15.3. The molecular weight excluding hydrogens is 376 g/mol. The van der Waals surface area contributed by atoms with Crippen molar-refractivity contribution in [3.8, 4) is 5.13 Å². The van der Waals surface area contributed by atoms with E-state index in [2.05, 4.69) is 21.5 Å². The van der Waals surface area contributed by atoms with Crippen molar-refractivity contribution < 1.29 is 4.79 Å². The molecule has 3 aromatic rings. The Bertz CT molecular complexity index is 1030. The predicted octanol–water partition coefficient (Wildman–Crippen LogP) is 1.76. The highest BCUT2D eigenvalue weighted by atomic mass is 32.1. The molecule has 1 amide bonds. The normalized spacial score (nSPS) is 17.1. The zero-order chi connectivity index (χ0) is 19.1. The lowest BCUT2D eigenvalue weighted by Gasteiger charge is -2.25. The van der Waals surface area contributed by atoms with Crippen LogP contribution in [0.4, 0.5) is 11.6 Å². The summed E-state index contributed by atoms with van der Waals surface area (Å²) in [5.74, 6) is 1.38. The molecule has 2 aliphatic rings. The van der Waals surface area contributed by atoms with E-state index in [4.69, 9.17) is 10.8 Å². The highest BCUT2D eigenvalue weighted by Crippen LogP contribution is 2.36. The maximum absolute atomic E-state index is 12.0. The minimum absolute atomic E-state index is 0.389. The van der Waals surface area contributed by atoms with Gasteiger partial charge in [-0.1, -0.05) is 0 Å². The van der Waals surface area contributed by atoms with Crippen molar-refractivity contribution in [1.29, 1.82) is 0 Å². The van der Waals surface area contributed by atoms with Gasteiger partial charge in [0.2, 0.25) is 5.13 Å². The van der Waals surface area contributed by atoms with Crippen molar-refractivity contribution in [3.05, 3.63) is 47.4 Å². The summed E-state index contributed by atoms with van der Waals surface area (Å²) >= 11 is 1.52. The van der Waals surface area contributed by atoms with Gasteiger partial charge in [0.15, 0.2) is 0 Å². The zero-order valence-corrected chi connectivity index (χ0v) is 16.0. The number of aromatic nitrogens is 5. The van der Waals surface area contributed by atoms with E-state index < -0.39 is 5.91 Å². The summed E-state index contributed by atoms with van der Waals surface area (Å²) in [6, 6.07) is 2.09. The molecule has 2 aliphatic heterocycles. The molecule has 0 radical (unpaired) electrons. The average molecular weight is 396 g/mol. The summed E-state index contributed by atoms with van der Waals surface area (Å²) in [6.07, 6.45) is 9.32. The number of piperidine rings is 1. The quantitative estimate of drug-likeness (QED) is 0.696. The molecule has 5 rings (SSSR count). The lowest BCUT2D eigenvalue weighted by atomic mass is 9.95. The maximum atomic E-state index is 12.0. The highest BCUT2D eigenvalue weighted by molar-refractivity contribution is 7.12. The van der Waals surface area contributed by atoms with Gasteiger partial charge in [-0.3, -0.25) is 9.69 Å². The van der Waals surface area contributed by atoms with Crippen LogP contribution >= 0.6 is 11.3 Å². The number of thiazole rings is 1. The van der Waals surface area contributed by atoms with Crippen molar-refractivity contribution in [2.75, 3.05) is 18.0 Å². The Morgan fingerprint density at radius 1 is 1.32 bits per heavy atom. The highest BCUT2D eigenvalue weighted by Gasteiger charge is 2.28. The smallest absolute Gasteiger partial charge is 0.254 e. The molecule has 3 aromatic heterocycles. The number of rotatable bonds is 4. The van der Waals surface area contributed by atoms with Crippen molar-refractivity contribution >= 4 is 28.9 Å². The van der Waals surface area contributed by atoms with Gasteiger partial charge in [0.1, 0.15) is 17.2 Å². The molecule has 1 saturated heterocycles. The van der Waals surface area contributed by atoms with Crippen LogP contribution in [0.25, 0.3) is 5.13 Å². The van der Waals surface area contributed by atoms with E-state index in [1.165, 1.54) is 17.5 Å². The van der Waals surface area contributed by atoms with Gasteiger partial charge >= 0.3 is 0 Å². The molecule has 0 aromatic carbocycles. The third-order valence-electron chi connectivity index (χ3n) is 5.15. The molecule has 144 valence electrons. The third-order valence-corrected chi connectivity index (χ3v) is 5.90. The molecule has 0 spiro atoms. The van der Waals surface area contributed by atoms with E-state index in [1.54, 1.807) is 10.9 Å². The number of fused-ring (bicyclic) bond motifs is 1. The molecule has 5 heterocycles. The van der Waals surface area contributed by atoms with Crippen molar-refractivity contribution in [1.82, 2.24) is 29.9 Å². The van der Waals surface area contributed by atoms with Gasteiger partial charge in [0.25, 0.3) is 5.91 Å². The Morgan fingerprint density at radius 3 is 2.93 bits per heavy atom. The zero-order valence-electron chi connectivity index (χ0n) is 15.2. The Labute approximate surface area is 165 Å². The molecular formula is C18H20N8OS. The van der Waals surface area contributed by atoms with Gasteiger partial charge in [-0.2, -0.15) is 14.9 Å². The second-order valence-electron chi connectivity index (χ2n) is 6.86.